The lowest BCUT2D eigenvalue weighted by atomic mass is 9.98. The molecule has 7 heteroatoms. The standard InChI is InChI=1S/C17H22N2O4S/c1-12-11-19(8-7-16(12)20)17(21)14-3-2-4-15(9-14)24(22,23)18-10-13-5-6-13/h2-4,9,12-13,18H,5-8,10-11H2,1H3. The van der Waals surface area contributed by atoms with Gasteiger partial charge >= 0.3 is 0 Å². The molecule has 2 aliphatic rings. The molecule has 1 heterocycles. The van der Waals surface area contributed by atoms with Crippen LogP contribution in [0.4, 0.5) is 0 Å². The summed E-state index contributed by atoms with van der Waals surface area (Å²) in [5.41, 5.74) is 0.339. The lowest BCUT2D eigenvalue weighted by Gasteiger charge is -2.30. The minimum absolute atomic E-state index is 0.107. The summed E-state index contributed by atoms with van der Waals surface area (Å²) >= 11 is 0. The molecule has 1 N–H and O–H groups in total. The highest BCUT2D eigenvalue weighted by Crippen LogP contribution is 2.28. The zero-order valence-corrected chi connectivity index (χ0v) is 14.5. The van der Waals surface area contributed by atoms with Gasteiger partial charge < -0.3 is 4.90 Å². The number of hydrogen-bond acceptors (Lipinski definition) is 4. The van der Waals surface area contributed by atoms with Crippen molar-refractivity contribution in [3.8, 4) is 0 Å². The highest BCUT2D eigenvalue weighted by atomic mass is 32.2. The number of carbonyl (C=O) groups is 2. The van der Waals surface area contributed by atoms with E-state index in [1.54, 1.807) is 17.0 Å². The third-order valence-electron chi connectivity index (χ3n) is 4.61. The summed E-state index contributed by atoms with van der Waals surface area (Å²) < 4.78 is 27.3. The molecule has 1 saturated heterocycles. The van der Waals surface area contributed by atoms with Gasteiger partial charge in [-0.25, -0.2) is 13.1 Å². The fourth-order valence-corrected chi connectivity index (χ4v) is 3.97. The number of Topliss-reactive ketones (excluding diaryl/α,β-unsaturated/α-hetero) is 1. The van der Waals surface area contributed by atoms with Crippen molar-refractivity contribution in [2.45, 2.75) is 31.1 Å². The maximum Gasteiger partial charge on any atom is 0.253 e. The van der Waals surface area contributed by atoms with Crippen molar-refractivity contribution in [3.05, 3.63) is 29.8 Å². The van der Waals surface area contributed by atoms with E-state index in [-0.39, 0.29) is 22.5 Å². The Morgan fingerprint density at radius 2 is 2.08 bits per heavy atom. The largest absolute Gasteiger partial charge is 0.337 e. The molecule has 6 nitrogen and oxygen atoms in total. The monoisotopic (exact) mass is 350 g/mol. The van der Waals surface area contributed by atoms with Gasteiger partial charge in [-0.15, -0.1) is 0 Å². The lowest BCUT2D eigenvalue weighted by Crippen LogP contribution is -2.43. The van der Waals surface area contributed by atoms with Crippen molar-refractivity contribution in [2.75, 3.05) is 19.6 Å². The quantitative estimate of drug-likeness (QED) is 0.871. The van der Waals surface area contributed by atoms with Gasteiger partial charge in [0.25, 0.3) is 5.91 Å². The van der Waals surface area contributed by atoms with E-state index < -0.39 is 10.0 Å². The van der Waals surface area contributed by atoms with Crippen LogP contribution in [0.2, 0.25) is 0 Å². The van der Waals surface area contributed by atoms with Crippen molar-refractivity contribution in [2.24, 2.45) is 11.8 Å². The first-order valence-corrected chi connectivity index (χ1v) is 9.77. The van der Waals surface area contributed by atoms with Crippen LogP contribution in [0.25, 0.3) is 0 Å². The van der Waals surface area contributed by atoms with Crippen molar-refractivity contribution in [1.82, 2.24) is 9.62 Å². The Hall–Kier alpha value is -1.73. The van der Waals surface area contributed by atoms with Crippen LogP contribution in [0.5, 0.6) is 0 Å². The van der Waals surface area contributed by atoms with Gasteiger partial charge in [-0.05, 0) is 37.0 Å². The second-order valence-electron chi connectivity index (χ2n) is 6.69. The second kappa shape index (κ2) is 6.64. The van der Waals surface area contributed by atoms with E-state index in [0.717, 1.165) is 12.8 Å². The Morgan fingerprint density at radius 1 is 1.33 bits per heavy atom. The number of likely N-dealkylation sites (tertiary alicyclic amines) is 1. The predicted molar refractivity (Wildman–Crippen MR) is 89.0 cm³/mol. The van der Waals surface area contributed by atoms with Gasteiger partial charge in [0.05, 0.1) is 4.90 Å². The summed E-state index contributed by atoms with van der Waals surface area (Å²) in [6, 6.07) is 6.10. The molecule has 0 spiro atoms. The van der Waals surface area contributed by atoms with Crippen LogP contribution < -0.4 is 4.72 Å². The van der Waals surface area contributed by atoms with E-state index in [1.165, 1.54) is 12.1 Å². The number of nitrogens with one attached hydrogen (secondary N) is 1. The number of piperidine rings is 1. The first-order valence-electron chi connectivity index (χ1n) is 8.28. The average molecular weight is 350 g/mol. The third-order valence-corrected chi connectivity index (χ3v) is 6.03. The van der Waals surface area contributed by atoms with Gasteiger partial charge in [0.2, 0.25) is 10.0 Å². The smallest absolute Gasteiger partial charge is 0.253 e. The molecular weight excluding hydrogens is 328 g/mol. The fraction of sp³-hybridized carbons (Fsp3) is 0.529. The molecule has 0 bridgehead atoms. The van der Waals surface area contributed by atoms with Gasteiger partial charge in [-0.3, -0.25) is 9.59 Å². The van der Waals surface area contributed by atoms with Gasteiger partial charge in [0.15, 0.2) is 0 Å². The molecule has 130 valence electrons. The van der Waals surface area contributed by atoms with Gasteiger partial charge in [-0.1, -0.05) is 13.0 Å². The summed E-state index contributed by atoms with van der Waals surface area (Å²) in [7, 11) is -3.60. The summed E-state index contributed by atoms with van der Waals surface area (Å²) in [5, 5.41) is 0. The molecule has 1 unspecified atom stereocenters. The van der Waals surface area contributed by atoms with E-state index in [9.17, 15) is 18.0 Å². The normalized spacial score (nSPS) is 21.8. The topological polar surface area (TPSA) is 83.6 Å². The first-order chi connectivity index (χ1) is 11.4. The second-order valence-corrected chi connectivity index (χ2v) is 8.46. The Balaban J connectivity index is 1.74. The number of rotatable bonds is 5. The molecule has 1 aliphatic carbocycles. The number of hydrogen-bond donors (Lipinski definition) is 1. The lowest BCUT2D eigenvalue weighted by molar-refractivity contribution is -0.124. The SMILES string of the molecule is CC1CN(C(=O)c2cccc(S(=O)(=O)NCC3CC3)c2)CCC1=O. The Morgan fingerprint density at radius 3 is 2.75 bits per heavy atom. The third kappa shape index (κ3) is 3.84. The van der Waals surface area contributed by atoms with E-state index in [4.69, 9.17) is 0 Å². The molecule has 1 aromatic carbocycles. The molecule has 3 rings (SSSR count). The molecule has 1 amide bonds. The zero-order chi connectivity index (χ0) is 17.3. The van der Waals surface area contributed by atoms with E-state index in [0.29, 0.717) is 37.5 Å². The summed E-state index contributed by atoms with van der Waals surface area (Å²) in [6.07, 6.45) is 2.48. The molecule has 0 radical (unpaired) electrons. The molecule has 1 aliphatic heterocycles. The molecule has 1 saturated carbocycles. The molecule has 24 heavy (non-hydrogen) atoms. The fourth-order valence-electron chi connectivity index (χ4n) is 2.81. The van der Waals surface area contributed by atoms with Crippen LogP contribution in [-0.4, -0.2) is 44.6 Å². The van der Waals surface area contributed by atoms with Gasteiger partial charge in [0.1, 0.15) is 5.78 Å². The maximum absolute atomic E-state index is 12.6. The van der Waals surface area contributed by atoms with Crippen LogP contribution >= 0.6 is 0 Å². The van der Waals surface area contributed by atoms with Crippen LogP contribution in [0.3, 0.4) is 0 Å². The average Bonchev–Trinajstić information content (AvgIpc) is 3.39. The highest BCUT2D eigenvalue weighted by Gasteiger charge is 2.28. The maximum atomic E-state index is 12.6. The van der Waals surface area contributed by atoms with Gasteiger partial charge in [0, 0.05) is 37.5 Å². The van der Waals surface area contributed by atoms with E-state index >= 15 is 0 Å². The number of sulfonamides is 1. The van der Waals surface area contributed by atoms with E-state index in [1.807, 2.05) is 6.92 Å². The summed E-state index contributed by atoms with van der Waals surface area (Å²) in [4.78, 5) is 25.9. The van der Waals surface area contributed by atoms with Crippen LogP contribution in [0, 0.1) is 11.8 Å². The van der Waals surface area contributed by atoms with Crippen LogP contribution in [0.15, 0.2) is 29.2 Å². The van der Waals surface area contributed by atoms with Crippen molar-refractivity contribution < 1.29 is 18.0 Å². The van der Waals surface area contributed by atoms with Crippen molar-refractivity contribution in [1.29, 1.82) is 0 Å². The minimum Gasteiger partial charge on any atom is -0.337 e. The van der Waals surface area contributed by atoms with Crippen LogP contribution in [0.1, 0.15) is 36.5 Å². The molecule has 0 aromatic heterocycles. The zero-order valence-electron chi connectivity index (χ0n) is 13.7. The van der Waals surface area contributed by atoms with E-state index in [2.05, 4.69) is 4.72 Å². The number of benzene rings is 1. The molecule has 2 fully saturated rings. The highest BCUT2D eigenvalue weighted by molar-refractivity contribution is 7.89. The predicted octanol–water partition coefficient (Wildman–Crippen LogP) is 1.43. The van der Waals surface area contributed by atoms with Gasteiger partial charge in [-0.2, -0.15) is 0 Å². The molecule has 1 aromatic rings. The number of carbonyl (C=O) groups excluding carboxylic acids is 2. The molecule has 1 atom stereocenters. The Kier molecular flexibility index (Phi) is 4.73. The first kappa shape index (κ1) is 17.1. The van der Waals surface area contributed by atoms with Crippen molar-refractivity contribution >= 4 is 21.7 Å². The minimum atomic E-state index is -3.60. The summed E-state index contributed by atoms with van der Waals surface area (Å²) in [5.74, 6) is 0.208. The number of nitrogens with zero attached hydrogens (tertiary/aromatic N) is 1. The number of ketones is 1. The summed E-state index contributed by atoms with van der Waals surface area (Å²) in [6.45, 7) is 3.03. The Labute approximate surface area is 142 Å². The van der Waals surface area contributed by atoms with Crippen molar-refractivity contribution in [3.63, 3.8) is 0 Å². The molecular formula is C17H22N2O4S. The number of amides is 1. The van der Waals surface area contributed by atoms with Crippen LogP contribution in [-0.2, 0) is 14.8 Å². The Bertz CT molecular complexity index is 756.